The molecule has 1 aromatic heterocycles. The summed E-state index contributed by atoms with van der Waals surface area (Å²) in [6.07, 6.45) is 3.85. The van der Waals surface area contributed by atoms with Gasteiger partial charge in [0.2, 0.25) is 0 Å². The van der Waals surface area contributed by atoms with Crippen LogP contribution in [0, 0.1) is 5.41 Å². The average molecular weight is 243 g/mol. The summed E-state index contributed by atoms with van der Waals surface area (Å²) in [6, 6.07) is 6.25. The maximum Gasteiger partial charge on any atom is 0.110 e. The molecule has 0 amide bonds. The Hall–Kier alpha value is -1.35. The van der Waals surface area contributed by atoms with Gasteiger partial charge in [0.05, 0.1) is 11.0 Å². The lowest BCUT2D eigenvalue weighted by molar-refractivity contribution is 0.324. The molecule has 1 heterocycles. The lowest BCUT2D eigenvalue weighted by Gasteiger charge is -2.24. The highest BCUT2D eigenvalue weighted by molar-refractivity contribution is 5.76. The van der Waals surface area contributed by atoms with E-state index in [1.54, 1.807) is 0 Å². The second kappa shape index (κ2) is 4.09. The van der Waals surface area contributed by atoms with Gasteiger partial charge in [-0.1, -0.05) is 26.3 Å². The van der Waals surface area contributed by atoms with Crippen molar-refractivity contribution in [3.8, 4) is 0 Å². The van der Waals surface area contributed by atoms with Gasteiger partial charge in [0.25, 0.3) is 0 Å². The summed E-state index contributed by atoms with van der Waals surface area (Å²) in [7, 11) is 0. The monoisotopic (exact) mass is 243 g/mol. The molecular weight excluding hydrogens is 222 g/mol. The minimum atomic E-state index is 0.366. The van der Waals surface area contributed by atoms with Crippen LogP contribution in [0.15, 0.2) is 18.2 Å². The zero-order chi connectivity index (χ0) is 12.8. The molecule has 1 atom stereocenters. The predicted octanol–water partition coefficient (Wildman–Crippen LogP) is 3.32. The van der Waals surface area contributed by atoms with Crippen LogP contribution in [0.5, 0.6) is 0 Å². The minimum absolute atomic E-state index is 0.366. The van der Waals surface area contributed by atoms with Crippen molar-refractivity contribution in [1.82, 2.24) is 9.97 Å². The first-order valence-corrected chi connectivity index (χ1v) is 6.79. The molecular formula is C15H21N3. The number of aromatic amines is 1. The number of nitrogens with one attached hydrogen (secondary N) is 1. The third kappa shape index (κ3) is 1.83. The predicted molar refractivity (Wildman–Crippen MR) is 74.4 cm³/mol. The molecule has 3 rings (SSSR count). The van der Waals surface area contributed by atoms with Crippen LogP contribution in [-0.4, -0.2) is 9.97 Å². The number of hydrogen-bond donors (Lipinski definition) is 2. The van der Waals surface area contributed by atoms with Crippen molar-refractivity contribution in [2.24, 2.45) is 11.1 Å². The quantitative estimate of drug-likeness (QED) is 0.850. The van der Waals surface area contributed by atoms with Crippen molar-refractivity contribution in [3.63, 3.8) is 0 Å². The number of benzene rings is 1. The van der Waals surface area contributed by atoms with Gasteiger partial charge in [-0.25, -0.2) is 4.98 Å². The first-order valence-electron chi connectivity index (χ1n) is 6.79. The van der Waals surface area contributed by atoms with E-state index in [1.165, 1.54) is 19.3 Å². The van der Waals surface area contributed by atoms with Gasteiger partial charge in [-0.3, -0.25) is 0 Å². The van der Waals surface area contributed by atoms with Gasteiger partial charge in [-0.05, 0) is 36.0 Å². The Morgan fingerprint density at radius 1 is 1.44 bits per heavy atom. The number of nitrogens with zero attached hydrogens (tertiary/aromatic N) is 1. The Kier molecular flexibility index (Phi) is 2.67. The van der Waals surface area contributed by atoms with E-state index in [0.717, 1.165) is 22.4 Å². The van der Waals surface area contributed by atoms with E-state index in [2.05, 4.69) is 37.0 Å². The van der Waals surface area contributed by atoms with Crippen molar-refractivity contribution in [1.29, 1.82) is 0 Å². The first kappa shape index (κ1) is 11.7. The number of H-pyrrole nitrogens is 1. The fraction of sp³-hybridized carbons (Fsp3) is 0.533. The van der Waals surface area contributed by atoms with Gasteiger partial charge in [0, 0.05) is 12.5 Å². The van der Waals surface area contributed by atoms with Gasteiger partial charge in [-0.2, -0.15) is 0 Å². The van der Waals surface area contributed by atoms with E-state index < -0.39 is 0 Å². The van der Waals surface area contributed by atoms with Crippen molar-refractivity contribution >= 4 is 11.0 Å². The van der Waals surface area contributed by atoms with Crippen LogP contribution in [0.1, 0.15) is 50.4 Å². The lowest BCUT2D eigenvalue weighted by Crippen LogP contribution is -2.16. The minimum Gasteiger partial charge on any atom is -0.342 e. The summed E-state index contributed by atoms with van der Waals surface area (Å²) in [5, 5.41) is 0. The lowest BCUT2D eigenvalue weighted by atomic mass is 9.81. The molecule has 3 nitrogen and oxygen atoms in total. The Labute approximate surface area is 108 Å². The Morgan fingerprint density at radius 2 is 2.28 bits per heavy atom. The Bertz CT molecular complexity index is 568. The summed E-state index contributed by atoms with van der Waals surface area (Å²) >= 11 is 0. The van der Waals surface area contributed by atoms with Crippen LogP contribution in [0.25, 0.3) is 11.0 Å². The van der Waals surface area contributed by atoms with Gasteiger partial charge >= 0.3 is 0 Å². The summed E-state index contributed by atoms with van der Waals surface area (Å²) in [4.78, 5) is 8.27. The molecule has 1 aromatic carbocycles. The van der Waals surface area contributed by atoms with E-state index >= 15 is 0 Å². The van der Waals surface area contributed by atoms with Gasteiger partial charge < -0.3 is 10.7 Å². The van der Waals surface area contributed by atoms with Crippen LogP contribution < -0.4 is 5.73 Å². The van der Waals surface area contributed by atoms with Crippen molar-refractivity contribution in [3.05, 3.63) is 29.6 Å². The third-order valence-corrected chi connectivity index (χ3v) is 4.39. The number of rotatable bonds is 2. The van der Waals surface area contributed by atoms with Crippen LogP contribution in [-0.2, 0) is 6.54 Å². The van der Waals surface area contributed by atoms with E-state index in [9.17, 15) is 0 Å². The van der Waals surface area contributed by atoms with Crippen molar-refractivity contribution < 1.29 is 0 Å². The maximum absolute atomic E-state index is 5.68. The molecule has 2 aromatic rings. The molecule has 0 radical (unpaired) electrons. The van der Waals surface area contributed by atoms with Crippen molar-refractivity contribution in [2.75, 3.05) is 0 Å². The number of hydrogen-bond acceptors (Lipinski definition) is 2. The van der Waals surface area contributed by atoms with Gasteiger partial charge in [0.1, 0.15) is 5.82 Å². The molecule has 0 aliphatic heterocycles. The first-order chi connectivity index (χ1) is 8.60. The van der Waals surface area contributed by atoms with Crippen molar-refractivity contribution in [2.45, 2.75) is 45.6 Å². The molecule has 1 saturated carbocycles. The molecule has 1 aliphatic carbocycles. The van der Waals surface area contributed by atoms with Crippen LogP contribution in [0.2, 0.25) is 0 Å². The SMILES string of the molecule is CC1(C)CCCC1c1nc2ccc(CN)cc2[nH]1. The molecule has 3 N–H and O–H groups in total. The summed E-state index contributed by atoms with van der Waals surface area (Å²) in [5.41, 5.74) is 9.38. The van der Waals surface area contributed by atoms with Gasteiger partial charge in [0.15, 0.2) is 0 Å². The fourth-order valence-corrected chi connectivity index (χ4v) is 3.20. The third-order valence-electron chi connectivity index (χ3n) is 4.39. The van der Waals surface area contributed by atoms with E-state index in [0.29, 0.717) is 17.9 Å². The number of aromatic nitrogens is 2. The van der Waals surface area contributed by atoms with Crippen LogP contribution in [0.4, 0.5) is 0 Å². The number of imidazole rings is 1. The van der Waals surface area contributed by atoms with Gasteiger partial charge in [-0.15, -0.1) is 0 Å². The highest BCUT2D eigenvalue weighted by atomic mass is 14.9. The highest BCUT2D eigenvalue weighted by Crippen LogP contribution is 2.48. The fourth-order valence-electron chi connectivity index (χ4n) is 3.20. The normalized spacial score (nSPS) is 22.7. The highest BCUT2D eigenvalue weighted by Gasteiger charge is 2.37. The molecule has 1 aliphatic rings. The molecule has 1 fully saturated rings. The second-order valence-electron chi connectivity index (χ2n) is 6.11. The summed E-state index contributed by atoms with van der Waals surface area (Å²) in [5.74, 6) is 1.72. The molecule has 0 spiro atoms. The Morgan fingerprint density at radius 3 is 2.94 bits per heavy atom. The van der Waals surface area contributed by atoms with Crippen LogP contribution in [0.3, 0.4) is 0 Å². The number of fused-ring (bicyclic) bond motifs is 1. The summed E-state index contributed by atoms with van der Waals surface area (Å²) in [6.45, 7) is 5.28. The summed E-state index contributed by atoms with van der Waals surface area (Å²) < 4.78 is 0. The molecule has 3 heteroatoms. The van der Waals surface area contributed by atoms with Crippen LogP contribution >= 0.6 is 0 Å². The topological polar surface area (TPSA) is 54.7 Å². The van der Waals surface area contributed by atoms with E-state index in [1.807, 2.05) is 0 Å². The molecule has 0 bridgehead atoms. The van der Waals surface area contributed by atoms with E-state index in [4.69, 9.17) is 10.7 Å². The maximum atomic E-state index is 5.68. The average Bonchev–Trinajstić information content (AvgIpc) is 2.90. The Balaban J connectivity index is 2.03. The molecule has 1 unspecified atom stereocenters. The molecule has 0 saturated heterocycles. The molecule has 18 heavy (non-hydrogen) atoms. The standard InChI is InChI=1S/C15H21N3/c1-15(2)7-3-4-11(15)14-17-12-6-5-10(9-16)8-13(12)18-14/h5-6,8,11H,3-4,7,9,16H2,1-2H3,(H,17,18). The second-order valence-corrected chi connectivity index (χ2v) is 6.11. The zero-order valence-electron chi connectivity index (χ0n) is 11.2. The largest absolute Gasteiger partial charge is 0.342 e. The zero-order valence-corrected chi connectivity index (χ0v) is 11.2. The molecule has 96 valence electrons. The number of nitrogens with two attached hydrogens (primary N) is 1. The van der Waals surface area contributed by atoms with E-state index in [-0.39, 0.29) is 0 Å². The smallest absolute Gasteiger partial charge is 0.110 e.